The summed E-state index contributed by atoms with van der Waals surface area (Å²) >= 11 is 0. The van der Waals surface area contributed by atoms with Gasteiger partial charge in [-0.15, -0.1) is 0 Å². The minimum Gasteiger partial charge on any atom is -0.381 e. The second-order valence-electron chi connectivity index (χ2n) is 6.96. The Balaban J connectivity index is 2.92. The number of rotatable bonds is 20. The Morgan fingerprint density at radius 2 is 0.826 bits per heavy atom. The Kier molecular flexibility index (Phi) is 21.8. The zero-order valence-corrected chi connectivity index (χ0v) is 15.9. The summed E-state index contributed by atoms with van der Waals surface area (Å²) in [7, 11) is 0. The second-order valence-corrected chi connectivity index (χ2v) is 6.96. The average Bonchev–Trinajstić information content (AvgIpc) is 2.57. The van der Waals surface area contributed by atoms with Gasteiger partial charge in [-0.05, 0) is 19.3 Å². The number of ether oxygens (including phenoxy) is 1. The Morgan fingerprint density at radius 3 is 1.22 bits per heavy atom. The van der Waals surface area contributed by atoms with Crippen LogP contribution in [-0.4, -0.2) is 19.9 Å². The summed E-state index contributed by atoms with van der Waals surface area (Å²) in [4.78, 5) is 0. The minimum atomic E-state index is -0.132. The lowest BCUT2D eigenvalue weighted by Crippen LogP contribution is -1.96. The molecule has 0 aliphatic heterocycles. The monoisotopic (exact) mass is 330 g/mol. The molecule has 0 fully saturated rings. The molecule has 0 bridgehead atoms. The van der Waals surface area contributed by atoms with Crippen LogP contribution in [0.15, 0.2) is 0 Å². The molecule has 0 amide bonds. The van der Waals surface area contributed by atoms with Gasteiger partial charge in [0.25, 0.3) is 0 Å². The lowest BCUT2D eigenvalue weighted by atomic mass is 10.0. The molecule has 0 unspecified atom stereocenters. The summed E-state index contributed by atoms with van der Waals surface area (Å²) in [6.45, 7) is 4.00. The molecule has 0 heterocycles. The first-order chi connectivity index (χ1) is 11.4. The van der Waals surface area contributed by atoms with Crippen molar-refractivity contribution in [1.29, 1.82) is 0 Å². The molecule has 23 heavy (non-hydrogen) atoms. The smallest absolute Gasteiger partial charge is 0.0894 e. The minimum absolute atomic E-state index is 0.132. The molecular weight excluding hydrogens is 287 g/mol. The molecule has 1 nitrogen and oxygen atoms in total. The van der Waals surface area contributed by atoms with Crippen LogP contribution in [0, 0.1) is 0 Å². The first-order valence-corrected chi connectivity index (χ1v) is 10.6. The standard InChI is InChI=1S/C21H43FO/c1-2-3-20-23-21-18-16-14-12-10-8-6-4-5-7-9-11-13-15-17-19-22/h2-21H2,1H3. The highest BCUT2D eigenvalue weighted by Crippen LogP contribution is 2.13. The number of alkyl halides is 1. The Morgan fingerprint density at radius 1 is 0.478 bits per heavy atom. The zero-order valence-electron chi connectivity index (χ0n) is 15.9. The molecule has 0 radical (unpaired) electrons. The highest BCUT2D eigenvalue weighted by atomic mass is 19.1. The van der Waals surface area contributed by atoms with Gasteiger partial charge in [-0.2, -0.15) is 0 Å². The SMILES string of the molecule is CCCCOCCCCCCCCCCCCCCCCCF. The maximum atomic E-state index is 11.9. The molecule has 0 saturated carbocycles. The topological polar surface area (TPSA) is 9.23 Å². The predicted octanol–water partition coefficient (Wildman–Crippen LogP) is 7.62. The quantitative estimate of drug-likeness (QED) is 0.209. The van der Waals surface area contributed by atoms with Crippen molar-refractivity contribution in [1.82, 2.24) is 0 Å². The van der Waals surface area contributed by atoms with Crippen molar-refractivity contribution in [3.05, 3.63) is 0 Å². The molecule has 0 atom stereocenters. The Bertz CT molecular complexity index is 176. The van der Waals surface area contributed by atoms with Gasteiger partial charge >= 0.3 is 0 Å². The van der Waals surface area contributed by atoms with Gasteiger partial charge in [-0.3, -0.25) is 4.39 Å². The molecular formula is C21H43FO. The first-order valence-electron chi connectivity index (χ1n) is 10.6. The second kappa shape index (κ2) is 21.9. The summed E-state index contributed by atoms with van der Waals surface area (Å²) < 4.78 is 17.5. The van der Waals surface area contributed by atoms with Gasteiger partial charge < -0.3 is 4.74 Å². The molecule has 0 aromatic carbocycles. The molecule has 0 rings (SSSR count). The molecule has 0 aliphatic rings. The van der Waals surface area contributed by atoms with Crippen LogP contribution in [-0.2, 0) is 4.74 Å². The molecule has 0 saturated heterocycles. The van der Waals surface area contributed by atoms with Gasteiger partial charge in [0.15, 0.2) is 0 Å². The van der Waals surface area contributed by atoms with Crippen LogP contribution in [0.2, 0.25) is 0 Å². The molecule has 0 aromatic heterocycles. The van der Waals surface area contributed by atoms with Crippen LogP contribution < -0.4 is 0 Å². The fourth-order valence-corrected chi connectivity index (χ4v) is 2.95. The van der Waals surface area contributed by atoms with E-state index in [1.807, 2.05) is 0 Å². The largest absolute Gasteiger partial charge is 0.381 e. The van der Waals surface area contributed by atoms with Crippen LogP contribution in [0.25, 0.3) is 0 Å². The van der Waals surface area contributed by atoms with E-state index in [4.69, 9.17) is 4.74 Å². The normalized spacial score (nSPS) is 11.2. The maximum absolute atomic E-state index is 11.9. The summed E-state index contributed by atoms with van der Waals surface area (Å²) in [6.07, 6.45) is 22.0. The molecule has 0 aromatic rings. The highest BCUT2D eigenvalue weighted by Gasteiger charge is 1.95. The van der Waals surface area contributed by atoms with Crippen molar-refractivity contribution >= 4 is 0 Å². The van der Waals surface area contributed by atoms with E-state index in [1.165, 1.54) is 96.3 Å². The average molecular weight is 331 g/mol. The van der Waals surface area contributed by atoms with Crippen LogP contribution in [0.5, 0.6) is 0 Å². The lowest BCUT2D eigenvalue weighted by molar-refractivity contribution is 0.127. The van der Waals surface area contributed by atoms with E-state index in [-0.39, 0.29) is 6.67 Å². The molecule has 140 valence electrons. The van der Waals surface area contributed by atoms with E-state index in [0.29, 0.717) is 0 Å². The van der Waals surface area contributed by atoms with E-state index in [1.54, 1.807) is 0 Å². The lowest BCUT2D eigenvalue weighted by Gasteiger charge is -2.04. The van der Waals surface area contributed by atoms with Gasteiger partial charge in [-0.1, -0.05) is 96.8 Å². The number of hydrogen-bond acceptors (Lipinski definition) is 1. The van der Waals surface area contributed by atoms with Gasteiger partial charge in [0.1, 0.15) is 0 Å². The summed E-state index contributed by atoms with van der Waals surface area (Å²) in [5.41, 5.74) is 0. The van der Waals surface area contributed by atoms with Crippen molar-refractivity contribution in [3.8, 4) is 0 Å². The number of unbranched alkanes of at least 4 members (excludes halogenated alkanes) is 15. The third kappa shape index (κ3) is 21.9. The maximum Gasteiger partial charge on any atom is 0.0894 e. The van der Waals surface area contributed by atoms with Gasteiger partial charge in [-0.25, -0.2) is 0 Å². The molecule has 0 N–H and O–H groups in total. The molecule has 0 aliphatic carbocycles. The first kappa shape index (κ1) is 22.9. The van der Waals surface area contributed by atoms with Gasteiger partial charge in [0.2, 0.25) is 0 Å². The predicted molar refractivity (Wildman–Crippen MR) is 101 cm³/mol. The van der Waals surface area contributed by atoms with Crippen LogP contribution in [0.1, 0.15) is 116 Å². The molecule has 0 spiro atoms. The third-order valence-electron chi connectivity index (χ3n) is 4.56. The van der Waals surface area contributed by atoms with Crippen LogP contribution >= 0.6 is 0 Å². The number of halogens is 1. The van der Waals surface area contributed by atoms with Crippen LogP contribution in [0.4, 0.5) is 4.39 Å². The fraction of sp³-hybridized carbons (Fsp3) is 1.00. The third-order valence-corrected chi connectivity index (χ3v) is 4.56. The van der Waals surface area contributed by atoms with Crippen molar-refractivity contribution in [2.75, 3.05) is 19.9 Å². The zero-order chi connectivity index (χ0) is 16.8. The van der Waals surface area contributed by atoms with E-state index in [0.717, 1.165) is 26.1 Å². The van der Waals surface area contributed by atoms with Crippen molar-refractivity contribution in [3.63, 3.8) is 0 Å². The Labute approximate surface area is 145 Å². The highest BCUT2D eigenvalue weighted by molar-refractivity contribution is 4.50. The number of hydrogen-bond donors (Lipinski definition) is 0. The fourth-order valence-electron chi connectivity index (χ4n) is 2.95. The summed E-state index contributed by atoms with van der Waals surface area (Å²) in [6, 6.07) is 0. The summed E-state index contributed by atoms with van der Waals surface area (Å²) in [5, 5.41) is 0. The van der Waals surface area contributed by atoms with Crippen molar-refractivity contribution in [2.24, 2.45) is 0 Å². The van der Waals surface area contributed by atoms with Crippen molar-refractivity contribution in [2.45, 2.75) is 116 Å². The van der Waals surface area contributed by atoms with E-state index >= 15 is 0 Å². The summed E-state index contributed by atoms with van der Waals surface area (Å²) in [5.74, 6) is 0. The molecule has 2 heteroatoms. The van der Waals surface area contributed by atoms with Crippen LogP contribution in [0.3, 0.4) is 0 Å². The van der Waals surface area contributed by atoms with E-state index in [9.17, 15) is 4.39 Å². The Hall–Kier alpha value is -0.110. The van der Waals surface area contributed by atoms with E-state index in [2.05, 4.69) is 6.92 Å². The van der Waals surface area contributed by atoms with E-state index < -0.39 is 0 Å². The van der Waals surface area contributed by atoms with Gasteiger partial charge in [0, 0.05) is 13.2 Å². The van der Waals surface area contributed by atoms with Gasteiger partial charge in [0.05, 0.1) is 6.67 Å². The van der Waals surface area contributed by atoms with Crippen molar-refractivity contribution < 1.29 is 9.13 Å².